The fourth-order valence-electron chi connectivity index (χ4n) is 2.52. The number of carboxylic acid groups (broad SMARTS) is 2. The Labute approximate surface area is 176 Å². The Hall–Kier alpha value is -0.930. The van der Waals surface area contributed by atoms with Crippen molar-refractivity contribution in [1.82, 2.24) is 5.32 Å². The molecule has 0 fully saturated rings. The van der Waals surface area contributed by atoms with Crippen molar-refractivity contribution in [3.05, 3.63) is 0 Å². The lowest BCUT2D eigenvalue weighted by molar-refractivity contribution is -0.141. The van der Waals surface area contributed by atoms with Crippen molar-refractivity contribution in [2.24, 2.45) is 5.73 Å². The molecule has 0 aliphatic carbocycles. The van der Waals surface area contributed by atoms with E-state index in [1.54, 1.807) is 0 Å². The zero-order valence-corrected chi connectivity index (χ0v) is 18.5. The number of carbonyl (C=O) groups excluding carboxylic acids is 1. The minimum absolute atomic E-state index is 0.163. The highest BCUT2D eigenvalue weighted by atomic mass is 33.1. The van der Waals surface area contributed by atoms with Gasteiger partial charge in [0, 0.05) is 17.9 Å². The molecule has 0 spiro atoms. The number of nitrogens with two attached hydrogens (primary N) is 1. The molecule has 0 aliphatic heterocycles. The SMILES string of the molecule is CCCCCCCCCCCCC(=O)NC(CSSCC(N)C(=O)O)C(=O)O. The first kappa shape index (κ1) is 27.1. The summed E-state index contributed by atoms with van der Waals surface area (Å²) >= 11 is 0. The van der Waals surface area contributed by atoms with Gasteiger partial charge in [-0.15, -0.1) is 0 Å². The maximum absolute atomic E-state index is 11.9. The lowest BCUT2D eigenvalue weighted by atomic mass is 10.1. The van der Waals surface area contributed by atoms with E-state index in [2.05, 4.69) is 12.2 Å². The van der Waals surface area contributed by atoms with E-state index in [1.807, 2.05) is 0 Å². The van der Waals surface area contributed by atoms with Crippen LogP contribution in [0.1, 0.15) is 77.6 Å². The fourth-order valence-corrected chi connectivity index (χ4v) is 4.79. The number of hydrogen-bond acceptors (Lipinski definition) is 6. The highest BCUT2D eigenvalue weighted by Gasteiger charge is 2.20. The van der Waals surface area contributed by atoms with Crippen LogP contribution in [0.15, 0.2) is 0 Å². The highest BCUT2D eigenvalue weighted by Crippen LogP contribution is 2.22. The molecule has 0 aromatic rings. The molecule has 0 saturated heterocycles. The Morgan fingerprint density at radius 3 is 1.82 bits per heavy atom. The normalized spacial score (nSPS) is 13.1. The van der Waals surface area contributed by atoms with Crippen LogP contribution in [0.4, 0.5) is 0 Å². The quantitative estimate of drug-likeness (QED) is 0.178. The van der Waals surface area contributed by atoms with Crippen LogP contribution < -0.4 is 11.1 Å². The number of nitrogens with one attached hydrogen (secondary N) is 1. The summed E-state index contributed by atoms with van der Waals surface area (Å²) in [5, 5.41) is 20.4. The van der Waals surface area contributed by atoms with Gasteiger partial charge < -0.3 is 21.3 Å². The van der Waals surface area contributed by atoms with Gasteiger partial charge in [-0.3, -0.25) is 9.59 Å². The third-order valence-corrected chi connectivity index (χ3v) is 6.72. The third kappa shape index (κ3) is 16.1. The molecule has 2 atom stereocenters. The molecule has 0 heterocycles. The standard InChI is InChI=1S/C19H36N2O5S2/c1-2-3-4-5-6-7-8-9-10-11-12-17(22)21-16(19(25)26)14-28-27-13-15(20)18(23)24/h15-16H,2-14,20H2,1H3,(H,21,22)(H,23,24)(H,25,26). The van der Waals surface area contributed by atoms with Crippen molar-refractivity contribution in [2.75, 3.05) is 11.5 Å². The minimum atomic E-state index is -1.09. The molecule has 2 unspecified atom stereocenters. The largest absolute Gasteiger partial charge is 0.480 e. The van der Waals surface area contributed by atoms with Crippen molar-refractivity contribution >= 4 is 39.4 Å². The predicted molar refractivity (Wildman–Crippen MR) is 117 cm³/mol. The second kappa shape index (κ2) is 18.1. The van der Waals surface area contributed by atoms with E-state index in [0.29, 0.717) is 6.42 Å². The van der Waals surface area contributed by atoms with Crippen molar-refractivity contribution < 1.29 is 24.6 Å². The van der Waals surface area contributed by atoms with E-state index < -0.39 is 24.0 Å². The molecule has 0 rings (SSSR count). The summed E-state index contributed by atoms with van der Waals surface area (Å²) in [7, 11) is 2.39. The number of aliphatic carboxylic acids is 2. The summed E-state index contributed by atoms with van der Waals surface area (Å²) < 4.78 is 0. The lowest BCUT2D eigenvalue weighted by Crippen LogP contribution is -2.42. The number of carbonyl (C=O) groups is 3. The molecule has 7 nitrogen and oxygen atoms in total. The lowest BCUT2D eigenvalue weighted by Gasteiger charge is -2.14. The summed E-state index contributed by atoms with van der Waals surface area (Å²) in [5.41, 5.74) is 5.38. The van der Waals surface area contributed by atoms with Crippen LogP contribution in [-0.2, 0) is 14.4 Å². The molecule has 164 valence electrons. The average molecular weight is 437 g/mol. The summed E-state index contributed by atoms with van der Waals surface area (Å²) in [4.78, 5) is 33.8. The number of amides is 1. The Morgan fingerprint density at radius 2 is 1.32 bits per heavy atom. The highest BCUT2D eigenvalue weighted by molar-refractivity contribution is 8.76. The van der Waals surface area contributed by atoms with Crippen molar-refractivity contribution in [3.63, 3.8) is 0 Å². The molecule has 28 heavy (non-hydrogen) atoms. The molecule has 0 saturated carbocycles. The molecule has 9 heteroatoms. The molecule has 0 radical (unpaired) electrons. The van der Waals surface area contributed by atoms with E-state index in [9.17, 15) is 19.5 Å². The second-order valence-electron chi connectivity index (χ2n) is 6.90. The van der Waals surface area contributed by atoms with Crippen LogP contribution >= 0.6 is 21.6 Å². The molecule has 5 N–H and O–H groups in total. The van der Waals surface area contributed by atoms with Crippen LogP contribution in [0.25, 0.3) is 0 Å². The maximum atomic E-state index is 11.9. The van der Waals surface area contributed by atoms with Gasteiger partial charge in [-0.25, -0.2) is 4.79 Å². The predicted octanol–water partition coefficient (Wildman–Crippen LogP) is 3.66. The van der Waals surface area contributed by atoms with Gasteiger partial charge in [0.25, 0.3) is 0 Å². The van der Waals surface area contributed by atoms with E-state index in [1.165, 1.54) is 66.5 Å². The zero-order valence-electron chi connectivity index (χ0n) is 16.9. The van der Waals surface area contributed by atoms with Crippen LogP contribution in [0.5, 0.6) is 0 Å². The Balaban J connectivity index is 3.76. The molecule has 0 aromatic heterocycles. The van der Waals surface area contributed by atoms with Crippen LogP contribution in [0.3, 0.4) is 0 Å². The van der Waals surface area contributed by atoms with Gasteiger partial charge in [-0.05, 0) is 6.42 Å². The monoisotopic (exact) mass is 436 g/mol. The van der Waals surface area contributed by atoms with Crippen molar-refractivity contribution in [3.8, 4) is 0 Å². The molecular formula is C19H36N2O5S2. The summed E-state index contributed by atoms with van der Waals surface area (Å²) in [6.07, 6.45) is 12.1. The van der Waals surface area contributed by atoms with Gasteiger partial charge in [0.2, 0.25) is 5.91 Å². The fraction of sp³-hybridized carbons (Fsp3) is 0.842. The van der Waals surface area contributed by atoms with Gasteiger partial charge >= 0.3 is 11.9 Å². The van der Waals surface area contributed by atoms with Crippen LogP contribution in [-0.4, -0.2) is 51.6 Å². The first-order valence-corrected chi connectivity index (χ1v) is 12.6. The van der Waals surface area contributed by atoms with Gasteiger partial charge in [0.05, 0.1) is 0 Å². The summed E-state index contributed by atoms with van der Waals surface area (Å²) in [6, 6.07) is -1.96. The van der Waals surface area contributed by atoms with Gasteiger partial charge in [0.15, 0.2) is 0 Å². The Kier molecular flexibility index (Phi) is 17.5. The number of hydrogen-bond donors (Lipinski definition) is 4. The average Bonchev–Trinajstić information content (AvgIpc) is 2.65. The minimum Gasteiger partial charge on any atom is -0.480 e. The molecular weight excluding hydrogens is 400 g/mol. The first-order chi connectivity index (χ1) is 13.4. The summed E-state index contributed by atoms with van der Waals surface area (Å²) in [5.74, 6) is -2.09. The van der Waals surface area contributed by atoms with Crippen molar-refractivity contribution in [2.45, 2.75) is 89.6 Å². The maximum Gasteiger partial charge on any atom is 0.327 e. The van der Waals surface area contributed by atoms with E-state index in [4.69, 9.17) is 10.8 Å². The van der Waals surface area contributed by atoms with Gasteiger partial charge in [-0.1, -0.05) is 86.3 Å². The Bertz CT molecular complexity index is 452. The van der Waals surface area contributed by atoms with E-state index >= 15 is 0 Å². The van der Waals surface area contributed by atoms with E-state index in [0.717, 1.165) is 19.3 Å². The number of unbranched alkanes of at least 4 members (excludes halogenated alkanes) is 9. The summed E-state index contributed by atoms with van der Waals surface area (Å²) in [6.45, 7) is 2.21. The number of carboxylic acids is 2. The molecule has 0 bridgehead atoms. The zero-order chi connectivity index (χ0) is 21.2. The smallest absolute Gasteiger partial charge is 0.327 e. The van der Waals surface area contributed by atoms with Gasteiger partial charge in [-0.2, -0.15) is 0 Å². The van der Waals surface area contributed by atoms with Gasteiger partial charge in [0.1, 0.15) is 12.1 Å². The van der Waals surface area contributed by atoms with Crippen LogP contribution in [0, 0.1) is 0 Å². The number of rotatable bonds is 19. The molecule has 0 aromatic carbocycles. The van der Waals surface area contributed by atoms with Crippen LogP contribution in [0.2, 0.25) is 0 Å². The van der Waals surface area contributed by atoms with Crippen molar-refractivity contribution in [1.29, 1.82) is 0 Å². The molecule has 1 amide bonds. The van der Waals surface area contributed by atoms with E-state index in [-0.39, 0.29) is 17.4 Å². The second-order valence-corrected chi connectivity index (χ2v) is 9.46. The third-order valence-electron chi connectivity index (χ3n) is 4.27. The molecule has 0 aliphatic rings. The first-order valence-electron chi connectivity index (χ1n) is 10.1. The topological polar surface area (TPSA) is 130 Å². The Morgan fingerprint density at radius 1 is 0.821 bits per heavy atom.